The van der Waals surface area contributed by atoms with Crippen LogP contribution in [0.2, 0.25) is 0 Å². The Balaban J connectivity index is 1.57. The molecule has 2 aliphatic heterocycles. The summed E-state index contributed by atoms with van der Waals surface area (Å²) in [5, 5.41) is 6.14. The second kappa shape index (κ2) is 4.75. The van der Waals surface area contributed by atoms with Gasteiger partial charge in [0.05, 0.1) is 6.61 Å². The van der Waals surface area contributed by atoms with Crippen LogP contribution in [0.3, 0.4) is 0 Å². The van der Waals surface area contributed by atoms with Gasteiger partial charge in [-0.2, -0.15) is 0 Å². The van der Waals surface area contributed by atoms with Crippen molar-refractivity contribution in [2.45, 2.75) is 12.8 Å². The quantitative estimate of drug-likeness (QED) is 0.655. The summed E-state index contributed by atoms with van der Waals surface area (Å²) in [7, 11) is 0. The molecule has 14 heavy (non-hydrogen) atoms. The number of amides is 1. The fourth-order valence-electron chi connectivity index (χ4n) is 1.83. The first kappa shape index (κ1) is 9.93. The van der Waals surface area contributed by atoms with Crippen molar-refractivity contribution in [2.75, 3.05) is 32.8 Å². The average Bonchev–Trinajstić information content (AvgIpc) is 2.60. The smallest absolute Gasteiger partial charge is 0.220 e. The van der Waals surface area contributed by atoms with E-state index in [1.807, 2.05) is 0 Å². The van der Waals surface area contributed by atoms with Crippen molar-refractivity contribution in [1.29, 1.82) is 0 Å². The molecule has 0 spiro atoms. The van der Waals surface area contributed by atoms with Crippen LogP contribution in [0.15, 0.2) is 0 Å². The summed E-state index contributed by atoms with van der Waals surface area (Å²) in [4.78, 5) is 11.4. The molecular weight excluding hydrogens is 180 g/mol. The van der Waals surface area contributed by atoms with Gasteiger partial charge in [-0.3, -0.25) is 4.79 Å². The van der Waals surface area contributed by atoms with Gasteiger partial charge in [0.25, 0.3) is 0 Å². The Kier molecular flexibility index (Phi) is 3.37. The Hall–Kier alpha value is -0.610. The summed E-state index contributed by atoms with van der Waals surface area (Å²) in [6.07, 6.45) is 1.77. The Bertz CT molecular complexity index is 198. The van der Waals surface area contributed by atoms with Gasteiger partial charge in [0.2, 0.25) is 5.91 Å². The minimum atomic E-state index is 0.198. The largest absolute Gasteiger partial charge is 0.381 e. The van der Waals surface area contributed by atoms with E-state index < -0.39 is 0 Å². The third-order valence-corrected chi connectivity index (χ3v) is 2.95. The second-order valence-corrected chi connectivity index (χ2v) is 4.26. The summed E-state index contributed by atoms with van der Waals surface area (Å²) >= 11 is 0. The highest BCUT2D eigenvalue weighted by Gasteiger charge is 2.21. The number of carbonyl (C=O) groups is 1. The molecule has 80 valence electrons. The minimum Gasteiger partial charge on any atom is -0.381 e. The van der Waals surface area contributed by atoms with E-state index in [1.165, 1.54) is 0 Å². The van der Waals surface area contributed by atoms with Crippen molar-refractivity contribution in [2.24, 2.45) is 11.8 Å². The van der Waals surface area contributed by atoms with Crippen LogP contribution in [0.5, 0.6) is 0 Å². The van der Waals surface area contributed by atoms with Crippen LogP contribution < -0.4 is 10.6 Å². The SMILES string of the molecule is O=C(CC1CNC1)NCC1CCOC1. The van der Waals surface area contributed by atoms with Crippen LogP contribution in [0.25, 0.3) is 0 Å². The lowest BCUT2D eigenvalue weighted by Crippen LogP contribution is -2.45. The van der Waals surface area contributed by atoms with Crippen LogP contribution in [0, 0.1) is 11.8 Å². The third-order valence-electron chi connectivity index (χ3n) is 2.95. The molecule has 4 nitrogen and oxygen atoms in total. The highest BCUT2D eigenvalue weighted by molar-refractivity contribution is 5.76. The van der Waals surface area contributed by atoms with Crippen molar-refractivity contribution in [3.63, 3.8) is 0 Å². The molecular formula is C10H18N2O2. The molecule has 0 aromatic carbocycles. The van der Waals surface area contributed by atoms with Gasteiger partial charge >= 0.3 is 0 Å². The number of ether oxygens (including phenoxy) is 1. The van der Waals surface area contributed by atoms with E-state index in [4.69, 9.17) is 4.74 Å². The number of carbonyl (C=O) groups excluding carboxylic acids is 1. The Morgan fingerprint density at radius 3 is 2.86 bits per heavy atom. The molecule has 2 fully saturated rings. The van der Waals surface area contributed by atoms with Gasteiger partial charge in [-0.25, -0.2) is 0 Å². The van der Waals surface area contributed by atoms with Crippen LogP contribution in [-0.4, -0.2) is 38.8 Å². The minimum absolute atomic E-state index is 0.198. The Labute approximate surface area is 84.4 Å². The molecule has 2 aliphatic rings. The molecule has 2 saturated heterocycles. The summed E-state index contributed by atoms with van der Waals surface area (Å²) < 4.78 is 5.24. The van der Waals surface area contributed by atoms with Crippen LogP contribution >= 0.6 is 0 Å². The zero-order valence-electron chi connectivity index (χ0n) is 8.42. The van der Waals surface area contributed by atoms with Crippen molar-refractivity contribution in [3.8, 4) is 0 Å². The number of rotatable bonds is 4. The Morgan fingerprint density at radius 1 is 1.43 bits per heavy atom. The molecule has 1 amide bonds. The van der Waals surface area contributed by atoms with Gasteiger partial charge in [-0.15, -0.1) is 0 Å². The van der Waals surface area contributed by atoms with E-state index in [-0.39, 0.29) is 5.91 Å². The topological polar surface area (TPSA) is 50.4 Å². The summed E-state index contributed by atoms with van der Waals surface area (Å²) in [6.45, 7) is 4.46. The van der Waals surface area contributed by atoms with E-state index in [9.17, 15) is 4.79 Å². The molecule has 2 rings (SSSR count). The predicted molar refractivity (Wildman–Crippen MR) is 52.9 cm³/mol. The maximum atomic E-state index is 11.4. The predicted octanol–water partition coefficient (Wildman–Crippen LogP) is -0.251. The molecule has 0 aromatic heterocycles. The fraction of sp³-hybridized carbons (Fsp3) is 0.900. The number of nitrogens with one attached hydrogen (secondary N) is 2. The van der Waals surface area contributed by atoms with Gasteiger partial charge < -0.3 is 15.4 Å². The molecule has 4 heteroatoms. The van der Waals surface area contributed by atoms with E-state index in [2.05, 4.69) is 10.6 Å². The summed E-state index contributed by atoms with van der Waals surface area (Å²) in [6, 6.07) is 0. The molecule has 1 unspecified atom stereocenters. The second-order valence-electron chi connectivity index (χ2n) is 4.26. The first-order valence-corrected chi connectivity index (χ1v) is 5.40. The molecule has 0 aliphatic carbocycles. The van der Waals surface area contributed by atoms with Crippen LogP contribution in [-0.2, 0) is 9.53 Å². The van der Waals surface area contributed by atoms with E-state index in [0.29, 0.717) is 18.3 Å². The van der Waals surface area contributed by atoms with Crippen molar-refractivity contribution >= 4 is 5.91 Å². The zero-order chi connectivity index (χ0) is 9.80. The lowest BCUT2D eigenvalue weighted by atomic mass is 9.99. The van der Waals surface area contributed by atoms with Gasteiger partial charge in [0.1, 0.15) is 0 Å². The first-order valence-electron chi connectivity index (χ1n) is 5.40. The standard InChI is InChI=1S/C10H18N2O2/c13-10(3-9-4-11-5-9)12-6-8-1-2-14-7-8/h8-9,11H,1-7H2,(H,12,13). The first-order chi connectivity index (χ1) is 6.84. The van der Waals surface area contributed by atoms with E-state index >= 15 is 0 Å². The van der Waals surface area contributed by atoms with Gasteiger partial charge in [-0.1, -0.05) is 0 Å². The van der Waals surface area contributed by atoms with Gasteiger partial charge in [-0.05, 0) is 25.4 Å². The van der Waals surface area contributed by atoms with Crippen molar-refractivity contribution < 1.29 is 9.53 Å². The highest BCUT2D eigenvalue weighted by atomic mass is 16.5. The van der Waals surface area contributed by atoms with Gasteiger partial charge in [0, 0.05) is 25.5 Å². The molecule has 0 saturated carbocycles. The molecule has 1 atom stereocenters. The zero-order valence-corrected chi connectivity index (χ0v) is 8.42. The molecule has 0 bridgehead atoms. The molecule has 0 aromatic rings. The van der Waals surface area contributed by atoms with E-state index in [1.54, 1.807) is 0 Å². The van der Waals surface area contributed by atoms with Crippen molar-refractivity contribution in [1.82, 2.24) is 10.6 Å². The van der Waals surface area contributed by atoms with Crippen LogP contribution in [0.1, 0.15) is 12.8 Å². The highest BCUT2D eigenvalue weighted by Crippen LogP contribution is 2.11. The Morgan fingerprint density at radius 2 is 2.29 bits per heavy atom. The maximum absolute atomic E-state index is 11.4. The summed E-state index contributed by atoms with van der Waals surface area (Å²) in [5.41, 5.74) is 0. The van der Waals surface area contributed by atoms with Crippen LogP contribution in [0.4, 0.5) is 0 Å². The number of hydrogen-bond donors (Lipinski definition) is 2. The van der Waals surface area contributed by atoms with Crippen molar-refractivity contribution in [3.05, 3.63) is 0 Å². The monoisotopic (exact) mass is 198 g/mol. The summed E-state index contributed by atoms with van der Waals surface area (Å²) in [5.74, 6) is 1.30. The normalized spacial score (nSPS) is 27.3. The lowest BCUT2D eigenvalue weighted by molar-refractivity contribution is -0.122. The average molecular weight is 198 g/mol. The van der Waals surface area contributed by atoms with Gasteiger partial charge in [0.15, 0.2) is 0 Å². The lowest BCUT2D eigenvalue weighted by Gasteiger charge is -2.26. The number of hydrogen-bond acceptors (Lipinski definition) is 3. The molecule has 0 radical (unpaired) electrons. The molecule has 2 heterocycles. The fourth-order valence-corrected chi connectivity index (χ4v) is 1.83. The third kappa shape index (κ3) is 2.69. The van der Waals surface area contributed by atoms with E-state index in [0.717, 1.165) is 39.3 Å². The molecule has 2 N–H and O–H groups in total. The maximum Gasteiger partial charge on any atom is 0.220 e.